The minimum Gasteiger partial charge on any atom is -0.459 e. The van der Waals surface area contributed by atoms with E-state index in [1.165, 1.54) is 12.1 Å². The Kier molecular flexibility index (Phi) is 3.70. The number of furan rings is 1. The Bertz CT molecular complexity index is 787. The number of nitrogens with two attached hydrogens (primary N) is 1. The van der Waals surface area contributed by atoms with Gasteiger partial charge in [0.25, 0.3) is 0 Å². The van der Waals surface area contributed by atoms with Gasteiger partial charge in [0.15, 0.2) is 0 Å². The molecule has 1 aromatic heterocycles. The molecule has 0 aliphatic carbocycles. The van der Waals surface area contributed by atoms with E-state index in [0.29, 0.717) is 21.8 Å². The van der Waals surface area contributed by atoms with Gasteiger partial charge >= 0.3 is 0 Å². The molecule has 0 aliphatic heterocycles. The van der Waals surface area contributed by atoms with E-state index in [-0.39, 0.29) is 5.82 Å². The third kappa shape index (κ3) is 2.55. The predicted molar refractivity (Wildman–Crippen MR) is 86.4 cm³/mol. The van der Waals surface area contributed by atoms with Crippen LogP contribution in [0.25, 0.3) is 11.0 Å². The fraction of sp³-hybridized carbons (Fsp3) is 0.0667. The second-order valence-electron chi connectivity index (χ2n) is 4.48. The summed E-state index contributed by atoms with van der Waals surface area (Å²) in [5.74, 6) is 0.290. The molecule has 3 aromatic rings. The molecule has 0 bridgehead atoms. The molecule has 3 rings (SSSR count). The molecular formula is C15H10ClFINO. The monoisotopic (exact) mass is 401 g/mol. The maximum atomic E-state index is 13.2. The Morgan fingerprint density at radius 3 is 2.70 bits per heavy atom. The van der Waals surface area contributed by atoms with Crippen molar-refractivity contribution in [3.05, 3.63) is 68.2 Å². The maximum absolute atomic E-state index is 13.2. The highest BCUT2D eigenvalue weighted by atomic mass is 127. The summed E-state index contributed by atoms with van der Waals surface area (Å²) >= 11 is 8.26. The van der Waals surface area contributed by atoms with E-state index in [0.717, 1.165) is 9.13 Å². The van der Waals surface area contributed by atoms with Crippen LogP contribution in [0.2, 0.25) is 5.02 Å². The Hall–Kier alpha value is -1.11. The SMILES string of the molecule is NC(c1ccc(I)c(Cl)c1)c1cc2cc(F)ccc2o1. The van der Waals surface area contributed by atoms with Gasteiger partial charge in [-0.3, -0.25) is 0 Å². The fourth-order valence-corrected chi connectivity index (χ4v) is 2.58. The molecule has 2 aromatic carbocycles. The normalized spacial score (nSPS) is 12.8. The van der Waals surface area contributed by atoms with E-state index in [1.807, 2.05) is 18.2 Å². The minimum atomic E-state index is -0.431. The first-order chi connectivity index (χ1) is 9.54. The summed E-state index contributed by atoms with van der Waals surface area (Å²) < 4.78 is 19.8. The maximum Gasteiger partial charge on any atom is 0.134 e. The minimum absolute atomic E-state index is 0.296. The third-order valence-corrected chi connectivity index (χ3v) is 4.68. The van der Waals surface area contributed by atoms with Gasteiger partial charge in [-0.2, -0.15) is 0 Å². The molecule has 1 unspecified atom stereocenters. The lowest BCUT2D eigenvalue weighted by molar-refractivity contribution is 0.524. The Morgan fingerprint density at radius 2 is 1.95 bits per heavy atom. The van der Waals surface area contributed by atoms with Crippen molar-refractivity contribution in [1.29, 1.82) is 0 Å². The molecule has 2 nitrogen and oxygen atoms in total. The standard InChI is InChI=1S/C15H10ClFINO/c16-11-6-8(1-3-12(11)18)15(19)14-7-9-5-10(17)2-4-13(9)20-14/h1-7,15H,19H2. The van der Waals surface area contributed by atoms with Crippen molar-refractivity contribution in [2.24, 2.45) is 5.73 Å². The van der Waals surface area contributed by atoms with E-state index < -0.39 is 6.04 Å². The number of halogens is 3. The highest BCUT2D eigenvalue weighted by Crippen LogP contribution is 2.29. The van der Waals surface area contributed by atoms with Crippen molar-refractivity contribution < 1.29 is 8.81 Å². The summed E-state index contributed by atoms with van der Waals surface area (Å²) in [5, 5.41) is 1.35. The summed E-state index contributed by atoms with van der Waals surface area (Å²) in [6.45, 7) is 0. The quantitative estimate of drug-likeness (QED) is 0.622. The number of hydrogen-bond acceptors (Lipinski definition) is 2. The summed E-state index contributed by atoms with van der Waals surface area (Å²) in [5.41, 5.74) is 7.66. The summed E-state index contributed by atoms with van der Waals surface area (Å²) in [6.07, 6.45) is 0. The van der Waals surface area contributed by atoms with Gasteiger partial charge in [-0.1, -0.05) is 17.7 Å². The second-order valence-corrected chi connectivity index (χ2v) is 6.05. The van der Waals surface area contributed by atoms with E-state index in [1.54, 1.807) is 12.1 Å². The topological polar surface area (TPSA) is 39.2 Å². The van der Waals surface area contributed by atoms with Crippen LogP contribution in [0.1, 0.15) is 17.4 Å². The van der Waals surface area contributed by atoms with Crippen molar-refractivity contribution in [3.8, 4) is 0 Å². The van der Waals surface area contributed by atoms with Gasteiger partial charge in [0.1, 0.15) is 17.2 Å². The van der Waals surface area contributed by atoms with Crippen LogP contribution in [0.4, 0.5) is 4.39 Å². The summed E-state index contributed by atoms with van der Waals surface area (Å²) in [6, 6.07) is 11.4. The first-order valence-corrected chi connectivity index (χ1v) is 7.40. The van der Waals surface area contributed by atoms with E-state index in [4.69, 9.17) is 21.8 Å². The van der Waals surface area contributed by atoms with Crippen LogP contribution >= 0.6 is 34.2 Å². The average molecular weight is 402 g/mol. The number of hydrogen-bond donors (Lipinski definition) is 1. The molecule has 0 saturated heterocycles. The summed E-state index contributed by atoms with van der Waals surface area (Å²) in [7, 11) is 0. The highest BCUT2D eigenvalue weighted by Gasteiger charge is 2.15. The van der Waals surface area contributed by atoms with Crippen LogP contribution in [0.5, 0.6) is 0 Å². The molecule has 2 N–H and O–H groups in total. The van der Waals surface area contributed by atoms with Crippen LogP contribution in [0, 0.1) is 9.39 Å². The number of fused-ring (bicyclic) bond motifs is 1. The lowest BCUT2D eigenvalue weighted by Crippen LogP contribution is -2.10. The zero-order valence-electron chi connectivity index (χ0n) is 10.2. The van der Waals surface area contributed by atoms with Crippen LogP contribution in [0.15, 0.2) is 46.9 Å². The average Bonchev–Trinajstić information content (AvgIpc) is 2.84. The Labute approximate surface area is 133 Å². The molecule has 0 aliphatic rings. The molecule has 0 fully saturated rings. The molecule has 1 atom stereocenters. The molecule has 0 amide bonds. The van der Waals surface area contributed by atoms with E-state index >= 15 is 0 Å². The molecule has 0 radical (unpaired) electrons. The third-order valence-electron chi connectivity index (χ3n) is 3.11. The molecule has 0 saturated carbocycles. The predicted octanol–water partition coefficient (Wildman–Crippen LogP) is 4.88. The molecule has 1 heterocycles. The van der Waals surface area contributed by atoms with E-state index in [9.17, 15) is 4.39 Å². The second kappa shape index (κ2) is 5.35. The van der Waals surface area contributed by atoms with Crippen LogP contribution < -0.4 is 5.73 Å². The Morgan fingerprint density at radius 1 is 1.15 bits per heavy atom. The Balaban J connectivity index is 2.02. The number of rotatable bonds is 2. The lowest BCUT2D eigenvalue weighted by Gasteiger charge is -2.10. The molecule has 0 spiro atoms. The smallest absolute Gasteiger partial charge is 0.134 e. The van der Waals surface area contributed by atoms with Gasteiger partial charge in [-0.05, 0) is 64.6 Å². The lowest BCUT2D eigenvalue weighted by atomic mass is 10.1. The number of benzene rings is 2. The van der Waals surface area contributed by atoms with Crippen LogP contribution in [0.3, 0.4) is 0 Å². The first-order valence-electron chi connectivity index (χ1n) is 5.94. The largest absolute Gasteiger partial charge is 0.459 e. The van der Waals surface area contributed by atoms with Crippen molar-refractivity contribution in [3.63, 3.8) is 0 Å². The molecule has 5 heteroatoms. The van der Waals surface area contributed by atoms with Crippen molar-refractivity contribution >= 4 is 45.2 Å². The van der Waals surface area contributed by atoms with Crippen LogP contribution in [-0.4, -0.2) is 0 Å². The molecular weight excluding hydrogens is 392 g/mol. The van der Waals surface area contributed by atoms with Crippen LogP contribution in [-0.2, 0) is 0 Å². The fourth-order valence-electron chi connectivity index (χ4n) is 2.06. The van der Waals surface area contributed by atoms with Gasteiger partial charge in [0, 0.05) is 8.96 Å². The van der Waals surface area contributed by atoms with Gasteiger partial charge in [0.05, 0.1) is 11.1 Å². The zero-order chi connectivity index (χ0) is 14.3. The van der Waals surface area contributed by atoms with Gasteiger partial charge < -0.3 is 10.2 Å². The zero-order valence-corrected chi connectivity index (χ0v) is 13.2. The summed E-state index contributed by atoms with van der Waals surface area (Å²) in [4.78, 5) is 0. The highest BCUT2D eigenvalue weighted by molar-refractivity contribution is 14.1. The van der Waals surface area contributed by atoms with Gasteiger partial charge in [-0.15, -0.1) is 0 Å². The first kappa shape index (κ1) is 13.9. The van der Waals surface area contributed by atoms with Gasteiger partial charge in [0.2, 0.25) is 0 Å². The molecule has 102 valence electrons. The molecule has 20 heavy (non-hydrogen) atoms. The van der Waals surface area contributed by atoms with Crippen molar-refractivity contribution in [1.82, 2.24) is 0 Å². The van der Waals surface area contributed by atoms with E-state index in [2.05, 4.69) is 22.6 Å². The van der Waals surface area contributed by atoms with Crippen molar-refractivity contribution in [2.75, 3.05) is 0 Å². The van der Waals surface area contributed by atoms with Gasteiger partial charge in [-0.25, -0.2) is 4.39 Å². The van der Waals surface area contributed by atoms with Crippen molar-refractivity contribution in [2.45, 2.75) is 6.04 Å².